The van der Waals surface area contributed by atoms with Crippen LogP contribution in [0.1, 0.15) is 36.8 Å². The molecule has 1 aromatic rings. The number of phenols is 1. The second-order valence-corrected chi connectivity index (χ2v) is 7.10. The fourth-order valence-electron chi connectivity index (χ4n) is 4.42. The molecule has 0 bridgehead atoms. The fraction of sp³-hybridized carbons (Fsp3) is 0.667. The van der Waals surface area contributed by atoms with E-state index < -0.39 is 0 Å². The van der Waals surface area contributed by atoms with E-state index in [4.69, 9.17) is 4.74 Å². The van der Waals surface area contributed by atoms with Crippen LogP contribution in [-0.4, -0.2) is 47.9 Å². The number of rotatable bonds is 1. The molecule has 0 aliphatic carbocycles. The van der Waals surface area contributed by atoms with Gasteiger partial charge in [0.15, 0.2) is 0 Å². The molecule has 1 spiro atoms. The molecule has 0 amide bonds. The van der Waals surface area contributed by atoms with E-state index in [9.17, 15) is 5.11 Å². The summed E-state index contributed by atoms with van der Waals surface area (Å²) < 4.78 is 6.21. The van der Waals surface area contributed by atoms with Crippen molar-refractivity contribution in [2.45, 2.75) is 50.3 Å². The summed E-state index contributed by atoms with van der Waals surface area (Å²) >= 11 is 0. The molecule has 136 valence electrons. The van der Waals surface area contributed by atoms with Gasteiger partial charge in [-0.25, -0.2) is 0 Å². The largest absolute Gasteiger partial charge is 0.508 e. The minimum absolute atomic E-state index is 0. The van der Waals surface area contributed by atoms with Crippen LogP contribution in [0.15, 0.2) is 18.2 Å². The van der Waals surface area contributed by atoms with E-state index in [1.54, 1.807) is 0 Å². The molecule has 4 nitrogen and oxygen atoms in total. The van der Waals surface area contributed by atoms with E-state index >= 15 is 0 Å². The standard InChI is InChI=1S/C18H26N2O2.2ClH/c21-17-2-1-14-3-9-20(13-15(14)11-17)16-4-10-22-18(12-16)5-7-19-8-6-18;;/h1-2,11,16,19,21H,3-10,12-13H2;2*1H. The highest BCUT2D eigenvalue weighted by atomic mass is 35.5. The number of hydrogen-bond acceptors (Lipinski definition) is 4. The van der Waals surface area contributed by atoms with Gasteiger partial charge in [-0.05, 0) is 68.5 Å². The van der Waals surface area contributed by atoms with Crippen LogP contribution in [0.25, 0.3) is 0 Å². The number of nitrogens with zero attached hydrogens (tertiary/aromatic N) is 1. The third kappa shape index (κ3) is 4.00. The predicted octanol–water partition coefficient (Wildman–Crippen LogP) is 2.90. The molecule has 1 aromatic carbocycles. The van der Waals surface area contributed by atoms with Crippen LogP contribution in [0.4, 0.5) is 0 Å². The highest BCUT2D eigenvalue weighted by Crippen LogP contribution is 2.36. The van der Waals surface area contributed by atoms with Gasteiger partial charge in [0, 0.05) is 25.7 Å². The number of hydrogen-bond donors (Lipinski definition) is 2. The summed E-state index contributed by atoms with van der Waals surface area (Å²) in [6.45, 7) is 5.18. The van der Waals surface area contributed by atoms with Gasteiger partial charge in [0.25, 0.3) is 0 Å². The van der Waals surface area contributed by atoms with Crippen molar-refractivity contribution >= 4 is 24.8 Å². The number of phenolic OH excluding ortho intramolecular Hbond substituents is 1. The van der Waals surface area contributed by atoms with Crippen LogP contribution >= 0.6 is 24.8 Å². The van der Waals surface area contributed by atoms with Crippen LogP contribution in [0.2, 0.25) is 0 Å². The molecule has 3 aliphatic heterocycles. The monoisotopic (exact) mass is 374 g/mol. The minimum atomic E-state index is 0. The third-order valence-electron chi connectivity index (χ3n) is 5.73. The lowest BCUT2D eigenvalue weighted by molar-refractivity contribution is -0.122. The Kier molecular flexibility index (Phi) is 6.80. The smallest absolute Gasteiger partial charge is 0.115 e. The van der Waals surface area contributed by atoms with Crippen molar-refractivity contribution in [3.8, 4) is 5.75 Å². The van der Waals surface area contributed by atoms with Crippen molar-refractivity contribution in [3.05, 3.63) is 29.3 Å². The lowest BCUT2D eigenvalue weighted by atomic mass is 9.82. The van der Waals surface area contributed by atoms with E-state index in [0.717, 1.165) is 58.5 Å². The van der Waals surface area contributed by atoms with Crippen molar-refractivity contribution in [1.82, 2.24) is 10.2 Å². The van der Waals surface area contributed by atoms with Gasteiger partial charge in [-0.3, -0.25) is 4.90 Å². The highest BCUT2D eigenvalue weighted by Gasteiger charge is 2.40. The van der Waals surface area contributed by atoms with E-state index in [1.807, 2.05) is 12.1 Å². The van der Waals surface area contributed by atoms with E-state index in [0.29, 0.717) is 11.8 Å². The zero-order chi connectivity index (χ0) is 15.0. The molecule has 0 radical (unpaired) electrons. The maximum Gasteiger partial charge on any atom is 0.115 e. The van der Waals surface area contributed by atoms with Crippen molar-refractivity contribution in [2.24, 2.45) is 0 Å². The highest BCUT2D eigenvalue weighted by molar-refractivity contribution is 5.85. The topological polar surface area (TPSA) is 44.7 Å². The van der Waals surface area contributed by atoms with Gasteiger partial charge in [0.05, 0.1) is 5.60 Å². The van der Waals surface area contributed by atoms with E-state index in [-0.39, 0.29) is 30.4 Å². The average molecular weight is 375 g/mol. The summed E-state index contributed by atoms with van der Waals surface area (Å²) in [5, 5.41) is 13.2. The Labute approximate surface area is 156 Å². The summed E-state index contributed by atoms with van der Waals surface area (Å²) in [5.41, 5.74) is 2.82. The lowest BCUT2D eigenvalue weighted by Crippen LogP contribution is -2.53. The Morgan fingerprint density at radius 2 is 1.96 bits per heavy atom. The summed E-state index contributed by atoms with van der Waals surface area (Å²) in [5.74, 6) is 0.391. The zero-order valence-electron chi connectivity index (χ0n) is 14.0. The van der Waals surface area contributed by atoms with Gasteiger partial charge in [0.1, 0.15) is 5.75 Å². The second-order valence-electron chi connectivity index (χ2n) is 7.10. The first-order valence-corrected chi connectivity index (χ1v) is 8.64. The molecule has 1 unspecified atom stereocenters. The molecule has 0 saturated carbocycles. The van der Waals surface area contributed by atoms with Crippen molar-refractivity contribution in [2.75, 3.05) is 26.2 Å². The number of aromatic hydroxyl groups is 1. The van der Waals surface area contributed by atoms with Crippen molar-refractivity contribution in [3.63, 3.8) is 0 Å². The molecular formula is C18H28Cl2N2O2. The van der Waals surface area contributed by atoms with Crippen molar-refractivity contribution < 1.29 is 9.84 Å². The molecule has 2 saturated heterocycles. The molecule has 3 heterocycles. The number of fused-ring (bicyclic) bond motifs is 1. The normalized spacial score (nSPS) is 26.1. The average Bonchev–Trinajstić information content (AvgIpc) is 2.55. The Hall–Kier alpha value is -0.520. The summed E-state index contributed by atoms with van der Waals surface area (Å²) in [6, 6.07) is 6.47. The van der Waals surface area contributed by atoms with E-state index in [2.05, 4.69) is 16.3 Å². The minimum Gasteiger partial charge on any atom is -0.508 e. The quantitative estimate of drug-likeness (QED) is 0.792. The van der Waals surface area contributed by atoms with Crippen LogP contribution in [0, 0.1) is 0 Å². The number of nitrogens with one attached hydrogen (secondary N) is 1. The van der Waals surface area contributed by atoms with Gasteiger partial charge < -0.3 is 15.2 Å². The maximum atomic E-state index is 9.74. The van der Waals surface area contributed by atoms with Crippen LogP contribution in [-0.2, 0) is 17.7 Å². The van der Waals surface area contributed by atoms with E-state index in [1.165, 1.54) is 17.5 Å². The Morgan fingerprint density at radius 3 is 2.75 bits per heavy atom. The first kappa shape index (κ1) is 19.8. The summed E-state index contributed by atoms with van der Waals surface area (Å²) in [4.78, 5) is 2.62. The Balaban J connectivity index is 0.00000104. The molecule has 6 heteroatoms. The second kappa shape index (κ2) is 8.24. The van der Waals surface area contributed by atoms with Gasteiger partial charge >= 0.3 is 0 Å². The predicted molar refractivity (Wildman–Crippen MR) is 101 cm³/mol. The molecular weight excluding hydrogens is 347 g/mol. The first-order valence-electron chi connectivity index (χ1n) is 8.64. The maximum absolute atomic E-state index is 9.74. The molecule has 2 N–H and O–H groups in total. The van der Waals surface area contributed by atoms with Crippen LogP contribution in [0.5, 0.6) is 5.75 Å². The molecule has 4 rings (SSSR count). The first-order chi connectivity index (χ1) is 10.7. The lowest BCUT2D eigenvalue weighted by Gasteiger charge is -2.47. The van der Waals surface area contributed by atoms with Crippen LogP contribution in [0.3, 0.4) is 0 Å². The van der Waals surface area contributed by atoms with Gasteiger partial charge in [0.2, 0.25) is 0 Å². The Bertz CT molecular complexity index is 544. The third-order valence-corrected chi connectivity index (χ3v) is 5.73. The molecule has 1 atom stereocenters. The SMILES string of the molecule is Cl.Cl.Oc1ccc2c(c1)CN(C1CCOC3(CCNCC3)C1)CC2. The summed E-state index contributed by atoms with van der Waals surface area (Å²) in [6.07, 6.45) is 5.71. The van der Waals surface area contributed by atoms with Crippen molar-refractivity contribution in [1.29, 1.82) is 0 Å². The summed E-state index contributed by atoms with van der Waals surface area (Å²) in [7, 11) is 0. The van der Waals surface area contributed by atoms with Gasteiger partial charge in [-0.2, -0.15) is 0 Å². The number of halogens is 2. The molecule has 2 fully saturated rings. The zero-order valence-corrected chi connectivity index (χ0v) is 15.6. The number of piperidine rings is 1. The molecule has 3 aliphatic rings. The molecule has 0 aromatic heterocycles. The van der Waals surface area contributed by atoms with Gasteiger partial charge in [-0.1, -0.05) is 6.07 Å². The molecule has 24 heavy (non-hydrogen) atoms. The number of benzene rings is 1. The van der Waals surface area contributed by atoms with Crippen LogP contribution < -0.4 is 5.32 Å². The number of ether oxygens (including phenoxy) is 1. The van der Waals surface area contributed by atoms with Gasteiger partial charge in [-0.15, -0.1) is 24.8 Å². The Morgan fingerprint density at radius 1 is 1.17 bits per heavy atom. The fourth-order valence-corrected chi connectivity index (χ4v) is 4.42.